The van der Waals surface area contributed by atoms with Gasteiger partial charge in [0.25, 0.3) is 0 Å². The molecule has 0 fully saturated rings. The Morgan fingerprint density at radius 1 is 1.57 bits per heavy atom. The average molecular weight is 265 g/mol. The molecule has 0 saturated carbocycles. The van der Waals surface area contributed by atoms with E-state index < -0.39 is 5.97 Å². The zero-order chi connectivity index (χ0) is 10.4. The number of esters is 1. The standard InChI is InChI=1S/C9H10O2S2.V/c1-7(10)11-6-8-2-4-9(13-12)5-3-8;/h2-5,12H,6H2,1H3;/p-1/i1D;. The van der Waals surface area contributed by atoms with Gasteiger partial charge >= 0.3 is 5.97 Å². The maximum Gasteiger partial charge on any atom is 0.302 e. The van der Waals surface area contributed by atoms with E-state index in [1.807, 2.05) is 24.3 Å². The van der Waals surface area contributed by atoms with E-state index in [0.717, 1.165) is 10.5 Å². The molecular weight excluding hydrogens is 255 g/mol. The molecule has 0 N–H and O–H groups in total. The second kappa shape index (κ2) is 7.29. The molecule has 0 spiro atoms. The van der Waals surface area contributed by atoms with Gasteiger partial charge in [0.2, 0.25) is 0 Å². The largest absolute Gasteiger partial charge is 0.714 e. The van der Waals surface area contributed by atoms with Crippen molar-refractivity contribution in [2.45, 2.75) is 18.4 Å². The molecule has 1 aromatic carbocycles. The molecule has 0 aliphatic carbocycles. The van der Waals surface area contributed by atoms with Crippen LogP contribution in [0.2, 0.25) is 0 Å². The van der Waals surface area contributed by atoms with E-state index in [2.05, 4.69) is 0 Å². The van der Waals surface area contributed by atoms with Crippen LogP contribution in [0.5, 0.6) is 0 Å². The molecule has 0 heterocycles. The molecule has 0 atom stereocenters. The summed E-state index contributed by atoms with van der Waals surface area (Å²) in [5.41, 5.74) is 0.902. The Morgan fingerprint density at radius 2 is 2.21 bits per heavy atom. The molecular formula is C9H9O2S2V-. The van der Waals surface area contributed by atoms with Crippen LogP contribution in [-0.4, -0.2) is 5.97 Å². The zero-order valence-corrected chi connectivity index (χ0v) is 10.3. The fourth-order valence-electron chi connectivity index (χ4n) is 0.805. The van der Waals surface area contributed by atoms with Gasteiger partial charge in [0.15, 0.2) is 0 Å². The minimum absolute atomic E-state index is 0. The van der Waals surface area contributed by atoms with Crippen molar-refractivity contribution in [2.24, 2.45) is 0 Å². The third-order valence-electron chi connectivity index (χ3n) is 1.42. The number of benzene rings is 1. The molecule has 0 aromatic heterocycles. The van der Waals surface area contributed by atoms with Crippen LogP contribution in [-0.2, 0) is 46.4 Å². The third kappa shape index (κ3) is 5.01. The molecule has 14 heavy (non-hydrogen) atoms. The molecule has 0 bridgehead atoms. The maximum absolute atomic E-state index is 10.7. The molecule has 1 aromatic rings. The van der Waals surface area contributed by atoms with Crippen LogP contribution >= 0.6 is 10.8 Å². The van der Waals surface area contributed by atoms with Crippen molar-refractivity contribution in [1.29, 1.82) is 0 Å². The van der Waals surface area contributed by atoms with Crippen molar-refractivity contribution in [3.63, 3.8) is 0 Å². The van der Waals surface area contributed by atoms with E-state index >= 15 is 0 Å². The van der Waals surface area contributed by atoms with Gasteiger partial charge in [0.1, 0.15) is 6.61 Å². The van der Waals surface area contributed by atoms with Crippen molar-refractivity contribution in [3.8, 4) is 0 Å². The van der Waals surface area contributed by atoms with Crippen molar-refractivity contribution in [2.75, 3.05) is 0 Å². The van der Waals surface area contributed by atoms with E-state index in [1.165, 1.54) is 10.8 Å². The number of hydrogen-bond acceptors (Lipinski definition) is 4. The van der Waals surface area contributed by atoms with Gasteiger partial charge in [-0.25, -0.2) is 0 Å². The van der Waals surface area contributed by atoms with Gasteiger partial charge in [0, 0.05) is 26.8 Å². The molecule has 5 heteroatoms. The zero-order valence-electron chi connectivity index (χ0n) is 8.30. The Kier molecular flexibility index (Phi) is 6.27. The van der Waals surface area contributed by atoms with E-state index in [0.29, 0.717) is 0 Å². The first-order valence-corrected chi connectivity index (χ1v) is 5.34. The molecule has 0 unspecified atom stereocenters. The number of carbonyl (C=O) groups is 1. The average Bonchev–Trinajstić information content (AvgIpc) is 2.26. The minimum atomic E-state index is -0.508. The topological polar surface area (TPSA) is 26.3 Å². The van der Waals surface area contributed by atoms with Crippen LogP contribution in [0.15, 0.2) is 29.2 Å². The van der Waals surface area contributed by atoms with Gasteiger partial charge in [-0.15, -0.1) is 0 Å². The molecule has 1 radical (unpaired) electrons. The van der Waals surface area contributed by atoms with Gasteiger partial charge in [-0.3, -0.25) is 15.6 Å². The molecule has 75 valence electrons. The van der Waals surface area contributed by atoms with Crippen molar-refractivity contribution in [3.05, 3.63) is 29.8 Å². The maximum atomic E-state index is 10.7. The van der Waals surface area contributed by atoms with E-state index in [-0.39, 0.29) is 32.1 Å². The summed E-state index contributed by atoms with van der Waals surface area (Å²) in [4.78, 5) is 11.7. The monoisotopic (exact) mass is 265 g/mol. The Bertz CT molecular complexity index is 305. The molecule has 2 nitrogen and oxygen atoms in total. The Morgan fingerprint density at radius 3 is 2.71 bits per heavy atom. The third-order valence-corrected chi connectivity index (χ3v) is 2.46. The summed E-state index contributed by atoms with van der Waals surface area (Å²) in [6, 6.07) is 7.46. The van der Waals surface area contributed by atoms with Crippen molar-refractivity contribution < 1.29 is 29.5 Å². The SMILES string of the molecule is [2H]CC(=O)OCc1ccc(S[S-])cc1.[V]. The predicted octanol–water partition coefficient (Wildman–Crippen LogP) is 2.30. The fourth-order valence-corrected chi connectivity index (χ4v) is 1.39. The van der Waals surface area contributed by atoms with Crippen LogP contribution in [0.1, 0.15) is 13.8 Å². The van der Waals surface area contributed by atoms with Gasteiger partial charge in [-0.05, 0) is 10.5 Å². The van der Waals surface area contributed by atoms with E-state index in [4.69, 9.17) is 17.8 Å². The molecule has 0 aliphatic rings. The summed E-state index contributed by atoms with van der Waals surface area (Å²) in [5, 5.41) is 0. The first kappa shape index (κ1) is 12.0. The van der Waals surface area contributed by atoms with Crippen LogP contribution in [0.3, 0.4) is 0 Å². The van der Waals surface area contributed by atoms with E-state index in [1.54, 1.807) is 0 Å². The van der Waals surface area contributed by atoms with Gasteiger partial charge in [0.05, 0.1) is 0 Å². The number of hydrogen-bond donors (Lipinski definition) is 0. The summed E-state index contributed by atoms with van der Waals surface area (Å²) >= 11 is 4.79. The van der Waals surface area contributed by atoms with Crippen molar-refractivity contribution >= 4 is 28.4 Å². The quantitative estimate of drug-likeness (QED) is 0.476. The van der Waals surface area contributed by atoms with Gasteiger partial charge < -0.3 is 16.4 Å². The number of ether oxygens (including phenoxy) is 1. The van der Waals surface area contributed by atoms with Crippen LogP contribution in [0, 0.1) is 0 Å². The first-order chi connectivity index (χ1) is 6.76. The van der Waals surface area contributed by atoms with Crippen LogP contribution < -0.4 is 0 Å². The minimum Gasteiger partial charge on any atom is -0.714 e. The number of carbonyl (C=O) groups excluding carboxylic acids is 1. The summed E-state index contributed by atoms with van der Waals surface area (Å²) in [5.74, 6) is -0.508. The summed E-state index contributed by atoms with van der Waals surface area (Å²) in [6.07, 6.45) is 0. The normalized spacial score (nSPS) is 9.93. The Balaban J connectivity index is 0.00000196. The number of rotatable bonds is 3. The molecule has 0 aliphatic heterocycles. The summed E-state index contributed by atoms with van der Waals surface area (Å²) in [6.45, 7) is -0.111. The Hall–Kier alpha value is -0.0256. The van der Waals surface area contributed by atoms with Gasteiger partial charge in [-0.1, -0.05) is 24.3 Å². The molecule has 1 rings (SSSR count). The predicted molar refractivity (Wildman–Crippen MR) is 55.1 cm³/mol. The molecule has 0 saturated heterocycles. The van der Waals surface area contributed by atoms with Crippen LogP contribution in [0.4, 0.5) is 0 Å². The van der Waals surface area contributed by atoms with E-state index in [9.17, 15) is 4.79 Å². The smallest absolute Gasteiger partial charge is 0.302 e. The summed E-state index contributed by atoms with van der Waals surface area (Å²) < 4.78 is 11.5. The van der Waals surface area contributed by atoms with Crippen molar-refractivity contribution in [1.82, 2.24) is 0 Å². The second-order valence-corrected chi connectivity index (χ2v) is 3.53. The summed E-state index contributed by atoms with van der Waals surface area (Å²) in [7, 11) is 1.25. The first-order valence-electron chi connectivity index (χ1n) is 4.30. The fraction of sp³-hybridized carbons (Fsp3) is 0.222. The molecule has 0 amide bonds. The van der Waals surface area contributed by atoms with Gasteiger partial charge in [-0.2, -0.15) is 0 Å². The Labute approximate surface area is 106 Å². The second-order valence-electron chi connectivity index (χ2n) is 2.39. The van der Waals surface area contributed by atoms with Crippen LogP contribution in [0.25, 0.3) is 0 Å².